The maximum atomic E-state index is 12.8. The van der Waals surface area contributed by atoms with Crippen LogP contribution in [0, 0.1) is 0 Å². The first-order valence-corrected chi connectivity index (χ1v) is 10.0. The van der Waals surface area contributed by atoms with Crippen molar-refractivity contribution in [2.24, 2.45) is 7.05 Å². The van der Waals surface area contributed by atoms with Gasteiger partial charge >= 0.3 is 0 Å². The number of likely N-dealkylation sites (tertiary alicyclic amines) is 1. The second kappa shape index (κ2) is 8.65. The van der Waals surface area contributed by atoms with Crippen molar-refractivity contribution in [3.63, 3.8) is 0 Å². The van der Waals surface area contributed by atoms with Crippen LogP contribution in [-0.4, -0.2) is 76.9 Å². The number of aromatic nitrogens is 2. The first-order valence-electron chi connectivity index (χ1n) is 10.0. The summed E-state index contributed by atoms with van der Waals surface area (Å²) in [5.74, 6) is 0.703. The largest absolute Gasteiger partial charge is 0.491 e. The highest BCUT2D eigenvalue weighted by atomic mass is 16.5. The molecule has 1 atom stereocenters. The average molecular weight is 398 g/mol. The zero-order valence-electron chi connectivity index (χ0n) is 16.6. The molecule has 2 aromatic rings. The number of benzene rings is 1. The Bertz CT molecular complexity index is 858. The van der Waals surface area contributed by atoms with Gasteiger partial charge in [-0.15, -0.1) is 0 Å². The first-order chi connectivity index (χ1) is 14.1. The zero-order chi connectivity index (χ0) is 20.2. The van der Waals surface area contributed by atoms with Crippen LogP contribution in [0.5, 0.6) is 5.75 Å². The van der Waals surface area contributed by atoms with Crippen molar-refractivity contribution >= 4 is 11.8 Å². The molecule has 0 aliphatic carbocycles. The highest BCUT2D eigenvalue weighted by molar-refractivity contribution is 5.94. The molecule has 29 heavy (non-hydrogen) atoms. The Morgan fingerprint density at radius 3 is 2.55 bits per heavy atom. The SMILES string of the molecule is Cn1nccc1C(=O)N1CCCC1COc1ccc(C(=O)N2CCOCC2)cc1. The molecule has 1 aromatic carbocycles. The van der Waals surface area contributed by atoms with Gasteiger partial charge in [-0.25, -0.2) is 0 Å². The van der Waals surface area contributed by atoms with E-state index in [4.69, 9.17) is 9.47 Å². The fourth-order valence-electron chi connectivity index (χ4n) is 3.84. The summed E-state index contributed by atoms with van der Waals surface area (Å²) < 4.78 is 12.8. The Kier molecular flexibility index (Phi) is 5.80. The maximum Gasteiger partial charge on any atom is 0.272 e. The molecule has 4 rings (SSSR count). The normalized spacial score (nSPS) is 19.4. The van der Waals surface area contributed by atoms with Gasteiger partial charge in [0, 0.05) is 38.4 Å². The van der Waals surface area contributed by atoms with Gasteiger partial charge in [0.25, 0.3) is 11.8 Å². The van der Waals surface area contributed by atoms with Crippen LogP contribution in [0.3, 0.4) is 0 Å². The van der Waals surface area contributed by atoms with E-state index in [1.807, 2.05) is 17.0 Å². The lowest BCUT2D eigenvalue weighted by molar-refractivity contribution is 0.0303. The number of nitrogens with zero attached hydrogens (tertiary/aromatic N) is 4. The summed E-state index contributed by atoms with van der Waals surface area (Å²) in [6, 6.07) is 8.99. The second-order valence-corrected chi connectivity index (χ2v) is 7.37. The Labute approximate surface area is 170 Å². The van der Waals surface area contributed by atoms with Crippen LogP contribution in [0.15, 0.2) is 36.5 Å². The number of morpholine rings is 1. The minimum atomic E-state index is -0.0115. The first kappa shape index (κ1) is 19.4. The van der Waals surface area contributed by atoms with Crippen LogP contribution in [0.1, 0.15) is 33.7 Å². The zero-order valence-corrected chi connectivity index (χ0v) is 16.6. The highest BCUT2D eigenvalue weighted by Crippen LogP contribution is 2.22. The number of hydrogen-bond acceptors (Lipinski definition) is 5. The summed E-state index contributed by atoms with van der Waals surface area (Å²) in [5.41, 5.74) is 1.23. The van der Waals surface area contributed by atoms with Crippen LogP contribution in [0.4, 0.5) is 0 Å². The van der Waals surface area contributed by atoms with Gasteiger partial charge in [-0.05, 0) is 43.2 Å². The lowest BCUT2D eigenvalue weighted by atomic mass is 10.2. The minimum absolute atomic E-state index is 0.0115. The third-order valence-electron chi connectivity index (χ3n) is 5.52. The lowest BCUT2D eigenvalue weighted by Crippen LogP contribution is -2.40. The van der Waals surface area contributed by atoms with Crippen LogP contribution < -0.4 is 4.74 Å². The monoisotopic (exact) mass is 398 g/mol. The van der Waals surface area contributed by atoms with E-state index in [-0.39, 0.29) is 17.9 Å². The van der Waals surface area contributed by atoms with E-state index in [0.29, 0.717) is 49.9 Å². The molecule has 2 saturated heterocycles. The summed E-state index contributed by atoms with van der Waals surface area (Å²) >= 11 is 0. The van der Waals surface area contributed by atoms with Gasteiger partial charge in [0.05, 0.1) is 19.3 Å². The fraction of sp³-hybridized carbons (Fsp3) is 0.476. The molecule has 3 heterocycles. The minimum Gasteiger partial charge on any atom is -0.491 e. The van der Waals surface area contributed by atoms with E-state index >= 15 is 0 Å². The molecular weight excluding hydrogens is 372 g/mol. The van der Waals surface area contributed by atoms with Crippen LogP contribution >= 0.6 is 0 Å². The second-order valence-electron chi connectivity index (χ2n) is 7.37. The average Bonchev–Trinajstić information content (AvgIpc) is 3.41. The van der Waals surface area contributed by atoms with E-state index in [9.17, 15) is 9.59 Å². The molecule has 2 fully saturated rings. The van der Waals surface area contributed by atoms with Crippen molar-refractivity contribution in [2.45, 2.75) is 18.9 Å². The number of ether oxygens (including phenoxy) is 2. The number of carbonyl (C=O) groups is 2. The summed E-state index contributed by atoms with van der Waals surface area (Å²) in [6.07, 6.45) is 3.51. The van der Waals surface area contributed by atoms with Crippen molar-refractivity contribution in [3.8, 4) is 5.75 Å². The Balaban J connectivity index is 1.34. The molecule has 0 saturated carbocycles. The van der Waals surface area contributed by atoms with Crippen molar-refractivity contribution in [3.05, 3.63) is 47.8 Å². The molecule has 0 spiro atoms. The molecule has 0 N–H and O–H groups in total. The van der Waals surface area contributed by atoms with Crippen LogP contribution in [0.25, 0.3) is 0 Å². The highest BCUT2D eigenvalue weighted by Gasteiger charge is 2.31. The Hall–Kier alpha value is -2.87. The molecule has 2 amide bonds. The summed E-state index contributed by atoms with van der Waals surface area (Å²) in [5, 5.41) is 4.08. The quantitative estimate of drug-likeness (QED) is 0.764. The van der Waals surface area contributed by atoms with E-state index in [0.717, 1.165) is 19.4 Å². The predicted molar refractivity (Wildman–Crippen MR) is 106 cm³/mol. The number of carbonyl (C=O) groups excluding carboxylic acids is 2. The third-order valence-corrected chi connectivity index (χ3v) is 5.52. The van der Waals surface area contributed by atoms with Crippen LogP contribution in [0.2, 0.25) is 0 Å². The van der Waals surface area contributed by atoms with Crippen LogP contribution in [-0.2, 0) is 11.8 Å². The molecular formula is C21H26N4O4. The van der Waals surface area contributed by atoms with Gasteiger partial charge in [0.1, 0.15) is 18.1 Å². The molecule has 1 aromatic heterocycles. The molecule has 0 radical (unpaired) electrons. The fourth-order valence-corrected chi connectivity index (χ4v) is 3.84. The van der Waals surface area contributed by atoms with Gasteiger partial charge in [-0.1, -0.05) is 0 Å². The summed E-state index contributed by atoms with van der Waals surface area (Å²) in [4.78, 5) is 29.0. The number of rotatable bonds is 5. The van der Waals surface area contributed by atoms with Crippen molar-refractivity contribution in [2.75, 3.05) is 39.5 Å². The Morgan fingerprint density at radius 2 is 1.86 bits per heavy atom. The molecule has 1 unspecified atom stereocenters. The standard InChI is InChI=1S/C21H26N4O4/c1-23-19(8-9-22-23)21(27)25-10-2-3-17(25)15-29-18-6-4-16(5-7-18)20(26)24-11-13-28-14-12-24/h4-9,17H,2-3,10-15H2,1H3. The Morgan fingerprint density at radius 1 is 1.10 bits per heavy atom. The van der Waals surface area contributed by atoms with E-state index in [1.54, 1.807) is 41.0 Å². The molecule has 0 bridgehead atoms. The van der Waals surface area contributed by atoms with Crippen molar-refractivity contribution in [1.82, 2.24) is 19.6 Å². The lowest BCUT2D eigenvalue weighted by Gasteiger charge is -2.27. The molecule has 8 nitrogen and oxygen atoms in total. The maximum absolute atomic E-state index is 12.8. The summed E-state index contributed by atoms with van der Waals surface area (Å²) in [6.45, 7) is 3.58. The van der Waals surface area contributed by atoms with Crippen molar-refractivity contribution < 1.29 is 19.1 Å². The summed E-state index contributed by atoms with van der Waals surface area (Å²) in [7, 11) is 1.77. The van der Waals surface area contributed by atoms with Gasteiger partial charge in [-0.2, -0.15) is 5.10 Å². The van der Waals surface area contributed by atoms with Crippen molar-refractivity contribution in [1.29, 1.82) is 0 Å². The van der Waals surface area contributed by atoms with E-state index in [1.165, 1.54) is 0 Å². The van der Waals surface area contributed by atoms with E-state index < -0.39 is 0 Å². The predicted octanol–water partition coefficient (Wildman–Crippen LogP) is 1.58. The number of aryl methyl sites for hydroxylation is 1. The molecule has 8 heteroatoms. The topological polar surface area (TPSA) is 76.9 Å². The van der Waals surface area contributed by atoms with Gasteiger partial charge < -0.3 is 19.3 Å². The number of amides is 2. The van der Waals surface area contributed by atoms with E-state index in [2.05, 4.69) is 5.10 Å². The third kappa shape index (κ3) is 4.27. The molecule has 2 aliphatic rings. The van der Waals surface area contributed by atoms with Gasteiger partial charge in [-0.3, -0.25) is 14.3 Å². The number of hydrogen-bond donors (Lipinski definition) is 0. The smallest absolute Gasteiger partial charge is 0.272 e. The van der Waals surface area contributed by atoms with Gasteiger partial charge in [0.15, 0.2) is 0 Å². The van der Waals surface area contributed by atoms with Gasteiger partial charge in [0.2, 0.25) is 0 Å². The molecule has 2 aliphatic heterocycles. The molecule has 154 valence electrons.